The van der Waals surface area contributed by atoms with Gasteiger partial charge in [0.1, 0.15) is 29.1 Å². The van der Waals surface area contributed by atoms with Crippen LogP contribution in [0.2, 0.25) is 0 Å². The largest absolute Gasteiger partial charge is 0.512 e. The molecule has 0 amide bonds. The van der Waals surface area contributed by atoms with Gasteiger partial charge in [0.25, 0.3) is 0 Å². The zero-order chi connectivity index (χ0) is 15.4. The summed E-state index contributed by atoms with van der Waals surface area (Å²) in [4.78, 5) is 14.3. The fraction of sp³-hybridized carbons (Fsp3) is 0. The van der Waals surface area contributed by atoms with Crippen molar-refractivity contribution in [2.24, 2.45) is 0 Å². The maximum absolute atomic E-state index is 10.7. The van der Waals surface area contributed by atoms with E-state index in [-0.39, 0.29) is 22.5 Å². The van der Waals surface area contributed by atoms with Crippen LogP contribution in [0.15, 0.2) is 30.3 Å². The van der Waals surface area contributed by atoms with Crippen LogP contribution in [0.25, 0.3) is 11.1 Å². The fourth-order valence-electron chi connectivity index (χ4n) is 1.85. The third kappa shape index (κ3) is 2.57. The van der Waals surface area contributed by atoms with E-state index in [0.29, 0.717) is 5.56 Å². The fourth-order valence-corrected chi connectivity index (χ4v) is 1.85. The summed E-state index contributed by atoms with van der Waals surface area (Å²) in [5, 5.41) is 27.2. The molecule has 0 saturated carbocycles. The van der Waals surface area contributed by atoms with Crippen LogP contribution in [-0.2, 0) is 0 Å². The molecule has 2 aromatic rings. The summed E-state index contributed by atoms with van der Waals surface area (Å²) in [6.07, 6.45) is -1.62. The van der Waals surface area contributed by atoms with Crippen molar-refractivity contribution in [3.8, 4) is 29.1 Å². The van der Waals surface area contributed by atoms with Crippen LogP contribution in [0.3, 0.4) is 0 Å². The van der Waals surface area contributed by atoms with E-state index in [2.05, 4.69) is 9.72 Å². The maximum atomic E-state index is 10.7. The molecule has 1 aromatic carbocycles. The van der Waals surface area contributed by atoms with Crippen LogP contribution in [0.5, 0.6) is 5.88 Å². The summed E-state index contributed by atoms with van der Waals surface area (Å²) >= 11 is 0. The van der Waals surface area contributed by atoms with E-state index in [1.807, 2.05) is 12.1 Å². The summed E-state index contributed by atoms with van der Waals surface area (Å²) in [5.74, 6) is -0.646. The Hall–Kier alpha value is -3.58. The normalized spacial score (nSPS) is 9.43. The van der Waals surface area contributed by atoms with Crippen molar-refractivity contribution < 1.29 is 14.6 Å². The molecule has 2 rings (SSSR count). The molecule has 0 atom stereocenters. The number of carbonyl (C=O) groups is 1. The smallest absolute Gasteiger partial charge is 0.449 e. The first-order valence-electron chi connectivity index (χ1n) is 5.68. The van der Waals surface area contributed by atoms with Crippen LogP contribution in [-0.4, -0.2) is 16.2 Å². The summed E-state index contributed by atoms with van der Waals surface area (Å²) < 4.78 is 4.47. The van der Waals surface area contributed by atoms with Gasteiger partial charge >= 0.3 is 6.16 Å². The first-order valence-corrected chi connectivity index (χ1v) is 5.68. The van der Waals surface area contributed by atoms with Gasteiger partial charge < -0.3 is 15.6 Å². The molecule has 7 nitrogen and oxygen atoms in total. The molecule has 7 heteroatoms. The molecular formula is C14H8N4O3. The molecule has 0 spiro atoms. The predicted molar refractivity (Wildman–Crippen MR) is 72.2 cm³/mol. The van der Waals surface area contributed by atoms with Gasteiger partial charge in [-0.3, -0.25) is 0 Å². The first kappa shape index (κ1) is 13.8. The Bertz CT molecular complexity index is 789. The van der Waals surface area contributed by atoms with Gasteiger partial charge in [0.15, 0.2) is 0 Å². The van der Waals surface area contributed by atoms with Crippen LogP contribution in [0.1, 0.15) is 11.1 Å². The first-order chi connectivity index (χ1) is 10.1. The van der Waals surface area contributed by atoms with Crippen molar-refractivity contribution in [2.75, 3.05) is 5.73 Å². The lowest BCUT2D eigenvalue weighted by Crippen LogP contribution is -2.10. The third-order valence-electron chi connectivity index (χ3n) is 2.66. The molecule has 0 aliphatic heterocycles. The molecule has 0 unspecified atom stereocenters. The lowest BCUT2D eigenvalue weighted by atomic mass is 9.96. The number of nitrogens with zero attached hydrogens (tertiary/aromatic N) is 3. The quantitative estimate of drug-likeness (QED) is 0.804. The highest BCUT2D eigenvalue weighted by Crippen LogP contribution is 2.34. The lowest BCUT2D eigenvalue weighted by molar-refractivity contribution is 0.142. The van der Waals surface area contributed by atoms with Crippen LogP contribution in [0, 0.1) is 22.7 Å². The average molecular weight is 280 g/mol. The summed E-state index contributed by atoms with van der Waals surface area (Å²) in [6, 6.07) is 12.2. The number of ether oxygens (including phenoxy) is 1. The standard InChI is InChI=1S/C14H8N4O3/c15-6-9-11(8-4-2-1-3-5-8)10(7-16)13(18-12(9)17)21-14(19)20/h1-5H,(H2,17,18)(H,19,20). The minimum absolute atomic E-state index is 0.00418. The van der Waals surface area contributed by atoms with Crippen molar-refractivity contribution in [3.05, 3.63) is 41.5 Å². The van der Waals surface area contributed by atoms with E-state index >= 15 is 0 Å². The Morgan fingerprint density at radius 1 is 1.19 bits per heavy atom. The van der Waals surface area contributed by atoms with Gasteiger partial charge in [-0.25, -0.2) is 4.79 Å². The lowest BCUT2D eigenvalue weighted by Gasteiger charge is -2.11. The van der Waals surface area contributed by atoms with E-state index in [1.165, 1.54) is 0 Å². The second kappa shape index (κ2) is 5.59. The second-order valence-corrected chi connectivity index (χ2v) is 3.88. The molecule has 102 valence electrons. The van der Waals surface area contributed by atoms with E-state index in [9.17, 15) is 15.3 Å². The Kier molecular flexibility index (Phi) is 3.69. The van der Waals surface area contributed by atoms with Gasteiger partial charge in [-0.2, -0.15) is 15.5 Å². The number of anilines is 1. The van der Waals surface area contributed by atoms with Crippen molar-refractivity contribution in [1.82, 2.24) is 4.98 Å². The van der Waals surface area contributed by atoms with Crippen LogP contribution in [0.4, 0.5) is 10.6 Å². The molecular weight excluding hydrogens is 272 g/mol. The second-order valence-electron chi connectivity index (χ2n) is 3.88. The number of hydrogen-bond acceptors (Lipinski definition) is 6. The van der Waals surface area contributed by atoms with Crippen molar-refractivity contribution in [3.63, 3.8) is 0 Å². The number of nitrogen functional groups attached to an aromatic ring is 1. The third-order valence-corrected chi connectivity index (χ3v) is 2.66. The Morgan fingerprint density at radius 3 is 2.33 bits per heavy atom. The predicted octanol–water partition coefficient (Wildman–Crippen LogP) is 2.13. The summed E-state index contributed by atoms with van der Waals surface area (Å²) in [6.45, 7) is 0. The van der Waals surface area contributed by atoms with Gasteiger partial charge in [0.2, 0.25) is 5.88 Å². The van der Waals surface area contributed by atoms with Gasteiger partial charge in [-0.1, -0.05) is 30.3 Å². The molecule has 0 radical (unpaired) electrons. The monoisotopic (exact) mass is 280 g/mol. The highest BCUT2D eigenvalue weighted by Gasteiger charge is 2.22. The van der Waals surface area contributed by atoms with Crippen molar-refractivity contribution in [1.29, 1.82) is 10.5 Å². The molecule has 21 heavy (non-hydrogen) atoms. The summed E-state index contributed by atoms with van der Waals surface area (Å²) in [7, 11) is 0. The van der Waals surface area contributed by atoms with Gasteiger partial charge in [-0.05, 0) is 5.56 Å². The van der Waals surface area contributed by atoms with Gasteiger partial charge in [-0.15, -0.1) is 0 Å². The molecule has 1 aromatic heterocycles. The summed E-state index contributed by atoms with van der Waals surface area (Å²) in [5.41, 5.74) is 6.23. The minimum atomic E-state index is -1.62. The number of rotatable bonds is 2. The van der Waals surface area contributed by atoms with Crippen molar-refractivity contribution in [2.45, 2.75) is 0 Å². The van der Waals surface area contributed by atoms with Crippen LogP contribution < -0.4 is 10.5 Å². The van der Waals surface area contributed by atoms with Gasteiger partial charge in [0.05, 0.1) is 0 Å². The number of nitriles is 2. The highest BCUT2D eigenvalue weighted by molar-refractivity contribution is 5.83. The molecule has 0 bridgehead atoms. The molecule has 0 fully saturated rings. The average Bonchev–Trinajstić information content (AvgIpc) is 2.47. The Balaban J connectivity index is 2.83. The SMILES string of the molecule is N#Cc1c(N)nc(OC(=O)O)c(C#N)c1-c1ccccc1. The zero-order valence-corrected chi connectivity index (χ0v) is 10.6. The topological polar surface area (TPSA) is 133 Å². The molecule has 0 aliphatic rings. The Labute approximate surface area is 119 Å². The van der Waals surface area contributed by atoms with Crippen molar-refractivity contribution >= 4 is 12.0 Å². The highest BCUT2D eigenvalue weighted by atomic mass is 16.7. The molecule has 0 aliphatic carbocycles. The van der Waals surface area contributed by atoms with E-state index < -0.39 is 12.0 Å². The van der Waals surface area contributed by atoms with Crippen LogP contribution >= 0.6 is 0 Å². The number of aromatic nitrogens is 1. The number of pyridine rings is 1. The number of benzene rings is 1. The maximum Gasteiger partial charge on any atom is 0.512 e. The van der Waals surface area contributed by atoms with Gasteiger partial charge in [0, 0.05) is 5.56 Å². The molecule has 0 saturated heterocycles. The number of nitrogens with two attached hydrogens (primary N) is 1. The zero-order valence-electron chi connectivity index (χ0n) is 10.6. The number of carboxylic acid groups (broad SMARTS) is 1. The Morgan fingerprint density at radius 2 is 1.81 bits per heavy atom. The van der Waals surface area contributed by atoms with E-state index in [0.717, 1.165) is 0 Å². The molecule has 1 heterocycles. The minimum Gasteiger partial charge on any atom is -0.449 e. The van der Waals surface area contributed by atoms with E-state index in [4.69, 9.17) is 10.8 Å². The number of hydrogen-bond donors (Lipinski definition) is 2. The van der Waals surface area contributed by atoms with E-state index in [1.54, 1.807) is 30.3 Å². The molecule has 3 N–H and O–H groups in total.